The SMILES string of the molecule is Cc1ccc(NC(=O)N(C)Cc2ccc(Br)s2)cc1Cl. The van der Waals surface area contributed by atoms with Crippen molar-refractivity contribution in [2.75, 3.05) is 12.4 Å². The van der Waals surface area contributed by atoms with E-state index in [0.717, 1.165) is 14.2 Å². The second-order valence-corrected chi connectivity index (χ2v) is 7.41. The van der Waals surface area contributed by atoms with Crippen molar-refractivity contribution in [3.05, 3.63) is 49.6 Å². The lowest BCUT2D eigenvalue weighted by Crippen LogP contribution is -2.30. The molecule has 2 rings (SSSR count). The molecule has 1 heterocycles. The van der Waals surface area contributed by atoms with Gasteiger partial charge >= 0.3 is 6.03 Å². The zero-order chi connectivity index (χ0) is 14.7. The zero-order valence-electron chi connectivity index (χ0n) is 11.1. The van der Waals surface area contributed by atoms with Gasteiger partial charge in [0.25, 0.3) is 0 Å². The zero-order valence-corrected chi connectivity index (χ0v) is 14.3. The molecular formula is C14H14BrClN2OS. The molecule has 1 aromatic carbocycles. The largest absolute Gasteiger partial charge is 0.322 e. The van der Waals surface area contributed by atoms with E-state index < -0.39 is 0 Å². The quantitative estimate of drug-likeness (QED) is 0.794. The van der Waals surface area contributed by atoms with Crippen molar-refractivity contribution in [3.63, 3.8) is 0 Å². The summed E-state index contributed by atoms with van der Waals surface area (Å²) >= 11 is 11.1. The van der Waals surface area contributed by atoms with Crippen LogP contribution in [0.1, 0.15) is 10.4 Å². The molecule has 2 amide bonds. The molecule has 106 valence electrons. The van der Waals surface area contributed by atoms with Crippen LogP contribution in [0.5, 0.6) is 0 Å². The third kappa shape index (κ3) is 3.98. The molecule has 0 radical (unpaired) electrons. The predicted octanol–water partition coefficient (Wildman–Crippen LogP) is 5.14. The average molecular weight is 374 g/mol. The van der Waals surface area contributed by atoms with Gasteiger partial charge in [-0.2, -0.15) is 0 Å². The van der Waals surface area contributed by atoms with Gasteiger partial charge in [0.2, 0.25) is 0 Å². The van der Waals surface area contributed by atoms with E-state index in [1.807, 2.05) is 31.2 Å². The summed E-state index contributed by atoms with van der Waals surface area (Å²) in [4.78, 5) is 14.8. The van der Waals surface area contributed by atoms with Crippen molar-refractivity contribution in [1.29, 1.82) is 0 Å². The predicted molar refractivity (Wildman–Crippen MR) is 88.7 cm³/mol. The Balaban J connectivity index is 1.98. The van der Waals surface area contributed by atoms with Crippen molar-refractivity contribution in [2.24, 2.45) is 0 Å². The van der Waals surface area contributed by atoms with Crippen LogP contribution in [0, 0.1) is 6.92 Å². The Bertz CT molecular complexity index is 629. The fraction of sp³-hybridized carbons (Fsp3) is 0.214. The highest BCUT2D eigenvalue weighted by atomic mass is 79.9. The van der Waals surface area contributed by atoms with Crippen LogP contribution in [0.3, 0.4) is 0 Å². The number of urea groups is 1. The molecule has 1 N–H and O–H groups in total. The van der Waals surface area contributed by atoms with Gasteiger partial charge in [0.05, 0.1) is 10.3 Å². The second kappa shape index (κ2) is 6.61. The third-order valence-corrected chi connectivity index (χ3v) is 4.81. The number of amides is 2. The van der Waals surface area contributed by atoms with Crippen LogP contribution < -0.4 is 5.32 Å². The lowest BCUT2D eigenvalue weighted by molar-refractivity contribution is 0.221. The highest BCUT2D eigenvalue weighted by Gasteiger charge is 2.11. The van der Waals surface area contributed by atoms with E-state index >= 15 is 0 Å². The number of nitrogens with zero attached hydrogens (tertiary/aromatic N) is 1. The van der Waals surface area contributed by atoms with Gasteiger partial charge in [-0.05, 0) is 52.7 Å². The summed E-state index contributed by atoms with van der Waals surface area (Å²) in [7, 11) is 1.76. The molecule has 0 saturated carbocycles. The smallest absolute Gasteiger partial charge is 0.321 e. The number of carbonyl (C=O) groups excluding carboxylic acids is 1. The monoisotopic (exact) mass is 372 g/mol. The number of benzene rings is 1. The summed E-state index contributed by atoms with van der Waals surface area (Å²) in [6.45, 7) is 2.50. The first kappa shape index (κ1) is 15.4. The number of carbonyl (C=O) groups is 1. The van der Waals surface area contributed by atoms with Crippen molar-refractivity contribution < 1.29 is 4.79 Å². The van der Waals surface area contributed by atoms with E-state index in [9.17, 15) is 4.79 Å². The molecule has 0 unspecified atom stereocenters. The summed E-state index contributed by atoms with van der Waals surface area (Å²) in [6, 6.07) is 9.30. The summed E-state index contributed by atoms with van der Waals surface area (Å²) < 4.78 is 1.06. The van der Waals surface area contributed by atoms with E-state index in [0.29, 0.717) is 17.3 Å². The van der Waals surface area contributed by atoms with Gasteiger partial charge in [0.1, 0.15) is 0 Å². The molecular weight excluding hydrogens is 360 g/mol. The van der Waals surface area contributed by atoms with E-state index in [-0.39, 0.29) is 6.03 Å². The average Bonchev–Trinajstić information content (AvgIpc) is 2.79. The Morgan fingerprint density at radius 1 is 1.40 bits per heavy atom. The lowest BCUT2D eigenvalue weighted by atomic mass is 10.2. The van der Waals surface area contributed by atoms with Gasteiger partial charge in [-0.3, -0.25) is 0 Å². The molecule has 0 fully saturated rings. The molecule has 0 atom stereocenters. The first-order chi connectivity index (χ1) is 9.45. The van der Waals surface area contributed by atoms with Crippen LogP contribution in [-0.4, -0.2) is 18.0 Å². The Morgan fingerprint density at radius 2 is 2.15 bits per heavy atom. The van der Waals surface area contributed by atoms with E-state index in [2.05, 4.69) is 21.2 Å². The molecule has 0 saturated heterocycles. The minimum Gasteiger partial charge on any atom is -0.322 e. The summed E-state index contributed by atoms with van der Waals surface area (Å²) in [5.74, 6) is 0. The van der Waals surface area contributed by atoms with E-state index in [4.69, 9.17) is 11.6 Å². The minimum atomic E-state index is -0.158. The highest BCUT2D eigenvalue weighted by molar-refractivity contribution is 9.11. The summed E-state index contributed by atoms with van der Waals surface area (Å²) in [5, 5.41) is 3.48. The summed E-state index contributed by atoms with van der Waals surface area (Å²) in [5.41, 5.74) is 1.69. The van der Waals surface area contributed by atoms with Gasteiger partial charge in [-0.25, -0.2) is 4.79 Å². The molecule has 0 aliphatic carbocycles. The van der Waals surface area contributed by atoms with Gasteiger partial charge in [0, 0.05) is 22.6 Å². The van der Waals surface area contributed by atoms with E-state index in [1.165, 1.54) is 0 Å². The number of rotatable bonds is 3. The van der Waals surface area contributed by atoms with Crippen LogP contribution >= 0.6 is 38.9 Å². The van der Waals surface area contributed by atoms with Gasteiger partial charge in [0.15, 0.2) is 0 Å². The Morgan fingerprint density at radius 3 is 2.75 bits per heavy atom. The van der Waals surface area contributed by atoms with Crippen molar-refractivity contribution in [2.45, 2.75) is 13.5 Å². The maximum atomic E-state index is 12.1. The number of nitrogens with one attached hydrogen (secondary N) is 1. The molecule has 3 nitrogen and oxygen atoms in total. The number of hydrogen-bond acceptors (Lipinski definition) is 2. The van der Waals surface area contributed by atoms with Crippen LogP contribution in [-0.2, 0) is 6.54 Å². The van der Waals surface area contributed by atoms with E-state index in [1.54, 1.807) is 29.4 Å². The molecule has 2 aromatic rings. The maximum absolute atomic E-state index is 12.1. The van der Waals surface area contributed by atoms with Crippen LogP contribution in [0.25, 0.3) is 0 Å². The fourth-order valence-electron chi connectivity index (χ4n) is 1.63. The number of aryl methyl sites for hydroxylation is 1. The number of thiophene rings is 1. The maximum Gasteiger partial charge on any atom is 0.321 e. The van der Waals surface area contributed by atoms with Crippen LogP contribution in [0.4, 0.5) is 10.5 Å². The first-order valence-electron chi connectivity index (χ1n) is 5.98. The molecule has 0 aliphatic heterocycles. The molecule has 20 heavy (non-hydrogen) atoms. The van der Waals surface area contributed by atoms with Crippen molar-refractivity contribution in [1.82, 2.24) is 4.90 Å². The van der Waals surface area contributed by atoms with Gasteiger partial charge in [-0.1, -0.05) is 17.7 Å². The van der Waals surface area contributed by atoms with Gasteiger partial charge < -0.3 is 10.2 Å². The second-order valence-electron chi connectivity index (χ2n) is 4.46. The molecule has 6 heteroatoms. The Kier molecular flexibility index (Phi) is 5.07. The standard InChI is InChI=1S/C14H14BrClN2OS/c1-9-3-4-10(7-12(9)16)17-14(19)18(2)8-11-5-6-13(15)20-11/h3-7H,8H2,1-2H3,(H,17,19). The third-order valence-electron chi connectivity index (χ3n) is 2.79. The lowest BCUT2D eigenvalue weighted by Gasteiger charge is -2.17. The Hall–Kier alpha value is -1.04. The minimum absolute atomic E-state index is 0.158. The van der Waals surface area contributed by atoms with Crippen LogP contribution in [0.15, 0.2) is 34.1 Å². The Labute approximate surface area is 135 Å². The first-order valence-corrected chi connectivity index (χ1v) is 7.97. The number of anilines is 1. The summed E-state index contributed by atoms with van der Waals surface area (Å²) in [6.07, 6.45) is 0. The van der Waals surface area contributed by atoms with Crippen molar-refractivity contribution in [3.8, 4) is 0 Å². The van der Waals surface area contributed by atoms with Gasteiger partial charge in [-0.15, -0.1) is 11.3 Å². The fourth-order valence-corrected chi connectivity index (χ4v) is 3.35. The van der Waals surface area contributed by atoms with Crippen molar-refractivity contribution >= 4 is 50.6 Å². The molecule has 1 aromatic heterocycles. The number of hydrogen-bond donors (Lipinski definition) is 1. The highest BCUT2D eigenvalue weighted by Crippen LogP contribution is 2.23. The normalized spacial score (nSPS) is 10.4. The molecule has 0 bridgehead atoms. The topological polar surface area (TPSA) is 32.3 Å². The molecule has 0 spiro atoms. The number of halogens is 2. The van der Waals surface area contributed by atoms with Crippen LogP contribution in [0.2, 0.25) is 5.02 Å². The molecule has 0 aliphatic rings.